The van der Waals surface area contributed by atoms with E-state index in [4.69, 9.17) is 0 Å². The summed E-state index contributed by atoms with van der Waals surface area (Å²) in [6, 6.07) is 30.5. The van der Waals surface area contributed by atoms with E-state index in [1.54, 1.807) is 0 Å². The molecule has 20 heavy (non-hydrogen) atoms. The van der Waals surface area contributed by atoms with Crippen molar-refractivity contribution in [3.05, 3.63) is 88.5 Å². The van der Waals surface area contributed by atoms with Gasteiger partial charge >= 0.3 is 0 Å². The summed E-state index contributed by atoms with van der Waals surface area (Å²) < 4.78 is 1.28. The topological polar surface area (TPSA) is 0 Å². The number of hydrogen-bond donors (Lipinski definition) is 1. The van der Waals surface area contributed by atoms with Crippen molar-refractivity contribution in [2.45, 2.75) is 14.7 Å². The highest BCUT2D eigenvalue weighted by molar-refractivity contribution is 14.1. The van der Waals surface area contributed by atoms with Crippen LogP contribution in [-0.4, -0.2) is 0 Å². The van der Waals surface area contributed by atoms with E-state index >= 15 is 0 Å². The minimum absolute atomic E-state index is 0.462. The Morgan fingerprint density at radius 1 is 0.500 bits per heavy atom. The zero-order valence-corrected chi connectivity index (χ0v) is 14.0. The fourth-order valence-corrected chi connectivity index (χ4v) is 4.83. The lowest BCUT2D eigenvalue weighted by Crippen LogP contribution is -1.88. The molecule has 0 aromatic heterocycles. The highest BCUT2D eigenvalue weighted by atomic mass is 127. The summed E-state index contributed by atoms with van der Waals surface area (Å²) >= 11 is 2.36. The van der Waals surface area contributed by atoms with Crippen LogP contribution in [0.15, 0.2) is 99.6 Å². The van der Waals surface area contributed by atoms with Crippen LogP contribution >= 0.6 is 33.5 Å². The Morgan fingerprint density at radius 2 is 0.900 bits per heavy atom. The van der Waals surface area contributed by atoms with Crippen molar-refractivity contribution in [1.29, 1.82) is 0 Å². The average molecular weight is 390 g/mol. The predicted octanol–water partition coefficient (Wildman–Crippen LogP) is 5.77. The van der Waals surface area contributed by atoms with Crippen molar-refractivity contribution in [3.63, 3.8) is 0 Å². The molecule has 0 aliphatic heterocycles. The van der Waals surface area contributed by atoms with Crippen molar-refractivity contribution in [2.75, 3.05) is 0 Å². The summed E-state index contributed by atoms with van der Waals surface area (Å²) in [4.78, 5) is 4.20. The van der Waals surface area contributed by atoms with Crippen molar-refractivity contribution in [3.8, 4) is 0 Å². The van der Waals surface area contributed by atoms with E-state index in [1.807, 2.05) is 0 Å². The van der Waals surface area contributed by atoms with Gasteiger partial charge in [-0.3, -0.25) is 0 Å². The number of hydrogen-bond acceptors (Lipinski definition) is 0. The molecule has 0 aliphatic carbocycles. The second-order valence-electron chi connectivity index (χ2n) is 4.48. The zero-order chi connectivity index (χ0) is 13.8. The minimum atomic E-state index is -0.462. The van der Waals surface area contributed by atoms with Gasteiger partial charge in [-0.25, -0.2) is 0 Å². The first-order valence-electron chi connectivity index (χ1n) is 6.50. The maximum atomic E-state index is 2.36. The highest BCUT2D eigenvalue weighted by Gasteiger charge is 2.11. The molecule has 3 aromatic carbocycles. The van der Waals surface area contributed by atoms with Gasteiger partial charge < -0.3 is 0 Å². The third-order valence-corrected chi connectivity index (χ3v) is 6.28. The lowest BCUT2D eigenvalue weighted by atomic mass is 10.4. The molecule has 3 aromatic rings. The normalized spacial score (nSPS) is 11.2. The van der Waals surface area contributed by atoms with E-state index in [1.165, 1.54) is 18.3 Å². The molecule has 0 saturated heterocycles. The average Bonchev–Trinajstić information content (AvgIpc) is 2.52. The van der Waals surface area contributed by atoms with Crippen LogP contribution in [-0.2, 0) is 0 Å². The third kappa shape index (κ3) is 3.07. The van der Waals surface area contributed by atoms with E-state index < -0.39 is 10.9 Å². The van der Waals surface area contributed by atoms with Crippen LogP contribution in [0, 0.1) is 3.57 Å². The van der Waals surface area contributed by atoms with Crippen molar-refractivity contribution in [2.24, 2.45) is 0 Å². The Hall–Kier alpha value is -1.26. The summed E-state index contributed by atoms with van der Waals surface area (Å²) in [5.74, 6) is 0. The summed E-state index contributed by atoms with van der Waals surface area (Å²) in [5, 5.41) is 0. The van der Waals surface area contributed by atoms with Gasteiger partial charge in [0, 0.05) is 3.57 Å². The molecule has 0 unspecified atom stereocenters. The Morgan fingerprint density at radius 3 is 1.35 bits per heavy atom. The molecule has 0 saturated carbocycles. The Labute approximate surface area is 136 Å². The standard InChI is InChI=1S/C18H15IS/c19-15-11-13-18(14-12-15)20(16-7-3-1-4-8-16)17-9-5-2-6-10-17/h1-14,20H. The van der Waals surface area contributed by atoms with Gasteiger partial charge in [0.2, 0.25) is 0 Å². The summed E-state index contributed by atoms with van der Waals surface area (Å²) in [6.45, 7) is 0. The second kappa shape index (κ2) is 6.46. The quantitative estimate of drug-likeness (QED) is 0.426. The van der Waals surface area contributed by atoms with Crippen LogP contribution in [0.1, 0.15) is 0 Å². The summed E-state index contributed by atoms with van der Waals surface area (Å²) in [6.07, 6.45) is 0. The molecule has 0 atom stereocenters. The van der Waals surface area contributed by atoms with Crippen LogP contribution in [0.3, 0.4) is 0 Å². The number of halogens is 1. The first-order valence-corrected chi connectivity index (χ1v) is 8.92. The maximum Gasteiger partial charge on any atom is 0.0131 e. The van der Waals surface area contributed by atoms with Crippen LogP contribution in [0.4, 0.5) is 0 Å². The monoisotopic (exact) mass is 390 g/mol. The minimum Gasteiger partial charge on any atom is -0.173 e. The van der Waals surface area contributed by atoms with E-state index in [0.717, 1.165) is 0 Å². The molecule has 0 bridgehead atoms. The van der Waals surface area contributed by atoms with Gasteiger partial charge in [0.05, 0.1) is 0 Å². The van der Waals surface area contributed by atoms with Crippen molar-refractivity contribution >= 4 is 33.5 Å². The summed E-state index contributed by atoms with van der Waals surface area (Å²) in [7, 11) is -0.462. The smallest absolute Gasteiger partial charge is 0.0131 e. The highest BCUT2D eigenvalue weighted by Crippen LogP contribution is 2.50. The first kappa shape index (κ1) is 13.7. The number of benzene rings is 3. The SMILES string of the molecule is Ic1ccc([SH](c2ccccc2)c2ccccc2)cc1. The van der Waals surface area contributed by atoms with Gasteiger partial charge in [-0.2, -0.15) is 10.9 Å². The Balaban J connectivity index is 2.11. The maximum absolute atomic E-state index is 2.36. The predicted molar refractivity (Wildman–Crippen MR) is 95.8 cm³/mol. The van der Waals surface area contributed by atoms with E-state index in [0.29, 0.717) is 0 Å². The number of thiol groups is 1. The summed E-state index contributed by atoms with van der Waals surface area (Å²) in [5.41, 5.74) is 0. The Bertz CT molecular complexity index is 623. The molecule has 0 nitrogen and oxygen atoms in total. The Kier molecular flexibility index (Phi) is 4.43. The molecule has 0 heterocycles. The van der Waals surface area contributed by atoms with Gasteiger partial charge in [-0.1, -0.05) is 36.4 Å². The lowest BCUT2D eigenvalue weighted by molar-refractivity contribution is 1.32. The second-order valence-corrected chi connectivity index (χ2v) is 7.95. The zero-order valence-electron chi connectivity index (χ0n) is 10.9. The van der Waals surface area contributed by atoms with Crippen LogP contribution in [0.5, 0.6) is 0 Å². The van der Waals surface area contributed by atoms with E-state index in [-0.39, 0.29) is 0 Å². The molecule has 2 heteroatoms. The fraction of sp³-hybridized carbons (Fsp3) is 0. The molecule has 0 N–H and O–H groups in total. The molecule has 0 aliphatic rings. The van der Waals surface area contributed by atoms with Gasteiger partial charge in [0.1, 0.15) is 0 Å². The fourth-order valence-electron chi connectivity index (χ4n) is 2.19. The molecule has 0 spiro atoms. The molecule has 100 valence electrons. The van der Waals surface area contributed by atoms with Crippen molar-refractivity contribution in [1.82, 2.24) is 0 Å². The van der Waals surface area contributed by atoms with E-state index in [9.17, 15) is 0 Å². The molecule has 0 amide bonds. The molecular weight excluding hydrogens is 375 g/mol. The van der Waals surface area contributed by atoms with Gasteiger partial charge in [-0.05, 0) is 85.8 Å². The van der Waals surface area contributed by atoms with Crippen LogP contribution in [0.2, 0.25) is 0 Å². The first-order chi connectivity index (χ1) is 9.84. The molecule has 3 rings (SSSR count). The van der Waals surface area contributed by atoms with Crippen LogP contribution in [0.25, 0.3) is 0 Å². The molecule has 0 fully saturated rings. The molecule has 0 radical (unpaired) electrons. The van der Waals surface area contributed by atoms with E-state index in [2.05, 4.69) is 108 Å². The van der Waals surface area contributed by atoms with Gasteiger partial charge in [0.15, 0.2) is 0 Å². The largest absolute Gasteiger partial charge is 0.173 e. The van der Waals surface area contributed by atoms with Crippen molar-refractivity contribution < 1.29 is 0 Å². The van der Waals surface area contributed by atoms with Crippen LogP contribution < -0.4 is 0 Å². The number of rotatable bonds is 3. The lowest BCUT2D eigenvalue weighted by Gasteiger charge is -2.23. The van der Waals surface area contributed by atoms with Gasteiger partial charge in [0.25, 0.3) is 0 Å². The van der Waals surface area contributed by atoms with Gasteiger partial charge in [-0.15, -0.1) is 0 Å². The third-order valence-electron chi connectivity index (χ3n) is 3.11. The molecular formula is C18H15IS.